The van der Waals surface area contributed by atoms with Crippen molar-refractivity contribution < 1.29 is 19.0 Å². The van der Waals surface area contributed by atoms with Crippen molar-refractivity contribution in [1.29, 1.82) is 0 Å². The Balaban J connectivity index is 1.95. The number of ether oxygens (including phenoxy) is 2. The standard InChI is InChI=1S/C16H19FO3/c17-15-10-13(3-1-2-6-18)9-14(11-15)12-20-16-4-7-19-8-5-16/h9-11,16,18H,2,4-8,12H2. The first-order valence-corrected chi connectivity index (χ1v) is 6.86. The molecule has 1 fully saturated rings. The third-order valence-corrected chi connectivity index (χ3v) is 3.08. The number of benzene rings is 1. The van der Waals surface area contributed by atoms with Crippen LogP contribution in [0.3, 0.4) is 0 Å². The molecule has 0 radical (unpaired) electrons. The van der Waals surface area contributed by atoms with E-state index < -0.39 is 0 Å². The Morgan fingerprint density at radius 2 is 2.10 bits per heavy atom. The minimum atomic E-state index is -0.314. The molecule has 4 heteroatoms. The second-order valence-electron chi connectivity index (χ2n) is 4.75. The fraction of sp³-hybridized carbons (Fsp3) is 0.500. The molecule has 0 saturated carbocycles. The summed E-state index contributed by atoms with van der Waals surface area (Å²) in [6, 6.07) is 4.69. The number of aliphatic hydroxyl groups excluding tert-OH is 1. The maximum absolute atomic E-state index is 13.5. The molecular weight excluding hydrogens is 259 g/mol. The van der Waals surface area contributed by atoms with Gasteiger partial charge in [-0.2, -0.15) is 0 Å². The quantitative estimate of drug-likeness (QED) is 0.859. The van der Waals surface area contributed by atoms with E-state index in [4.69, 9.17) is 14.6 Å². The van der Waals surface area contributed by atoms with E-state index in [1.54, 1.807) is 0 Å². The van der Waals surface area contributed by atoms with Crippen LogP contribution >= 0.6 is 0 Å². The molecule has 0 bridgehead atoms. The van der Waals surface area contributed by atoms with E-state index in [0.717, 1.165) is 31.6 Å². The minimum Gasteiger partial charge on any atom is -0.395 e. The maximum Gasteiger partial charge on any atom is 0.124 e. The first kappa shape index (κ1) is 15.0. The van der Waals surface area contributed by atoms with Gasteiger partial charge in [-0.3, -0.25) is 0 Å². The van der Waals surface area contributed by atoms with Crippen LogP contribution in [0.25, 0.3) is 0 Å². The summed E-state index contributed by atoms with van der Waals surface area (Å²) in [4.78, 5) is 0. The Labute approximate surface area is 118 Å². The molecule has 2 rings (SSSR count). The molecule has 1 aromatic carbocycles. The Morgan fingerprint density at radius 1 is 1.30 bits per heavy atom. The lowest BCUT2D eigenvalue weighted by molar-refractivity contribution is -0.0391. The van der Waals surface area contributed by atoms with Gasteiger partial charge in [0.05, 0.1) is 19.3 Å². The van der Waals surface area contributed by atoms with Crippen molar-refractivity contribution in [3.8, 4) is 11.8 Å². The predicted molar refractivity (Wildman–Crippen MR) is 73.6 cm³/mol. The van der Waals surface area contributed by atoms with Gasteiger partial charge < -0.3 is 14.6 Å². The molecule has 0 atom stereocenters. The molecule has 0 amide bonds. The first-order chi connectivity index (χ1) is 9.78. The first-order valence-electron chi connectivity index (χ1n) is 6.86. The zero-order chi connectivity index (χ0) is 14.2. The summed E-state index contributed by atoms with van der Waals surface area (Å²) in [5.74, 6) is 5.31. The summed E-state index contributed by atoms with van der Waals surface area (Å²) in [6.07, 6.45) is 2.36. The van der Waals surface area contributed by atoms with Crippen molar-refractivity contribution in [3.05, 3.63) is 35.1 Å². The number of halogens is 1. The second-order valence-corrected chi connectivity index (χ2v) is 4.75. The maximum atomic E-state index is 13.5. The van der Waals surface area contributed by atoms with Gasteiger partial charge in [0.2, 0.25) is 0 Å². The fourth-order valence-corrected chi connectivity index (χ4v) is 2.08. The van der Waals surface area contributed by atoms with Gasteiger partial charge in [-0.25, -0.2) is 4.39 Å². The summed E-state index contributed by atoms with van der Waals surface area (Å²) in [7, 11) is 0. The van der Waals surface area contributed by atoms with Gasteiger partial charge in [0, 0.05) is 25.2 Å². The van der Waals surface area contributed by atoms with Crippen LogP contribution in [-0.4, -0.2) is 31.0 Å². The highest BCUT2D eigenvalue weighted by molar-refractivity contribution is 5.37. The monoisotopic (exact) mass is 278 g/mol. The van der Waals surface area contributed by atoms with Gasteiger partial charge in [-0.15, -0.1) is 0 Å². The van der Waals surface area contributed by atoms with Crippen LogP contribution in [0.15, 0.2) is 18.2 Å². The van der Waals surface area contributed by atoms with Crippen molar-refractivity contribution in [2.45, 2.75) is 32.0 Å². The van der Waals surface area contributed by atoms with Crippen LogP contribution in [0, 0.1) is 17.7 Å². The van der Waals surface area contributed by atoms with Gasteiger partial charge in [0.25, 0.3) is 0 Å². The van der Waals surface area contributed by atoms with Crippen LogP contribution in [0.5, 0.6) is 0 Å². The zero-order valence-corrected chi connectivity index (χ0v) is 11.4. The van der Waals surface area contributed by atoms with Gasteiger partial charge in [0.15, 0.2) is 0 Å². The van der Waals surface area contributed by atoms with E-state index in [9.17, 15) is 4.39 Å². The van der Waals surface area contributed by atoms with Crippen molar-refractivity contribution in [2.75, 3.05) is 19.8 Å². The van der Waals surface area contributed by atoms with E-state index in [-0.39, 0.29) is 18.5 Å². The molecule has 3 nitrogen and oxygen atoms in total. The molecule has 108 valence electrons. The summed E-state index contributed by atoms with van der Waals surface area (Å²) in [6.45, 7) is 1.86. The Kier molecular flexibility index (Phi) is 6.00. The summed E-state index contributed by atoms with van der Waals surface area (Å²) in [5, 5.41) is 8.68. The van der Waals surface area contributed by atoms with E-state index in [2.05, 4.69) is 11.8 Å². The average Bonchev–Trinajstić information content (AvgIpc) is 2.46. The van der Waals surface area contributed by atoms with Crippen LogP contribution in [0.4, 0.5) is 4.39 Å². The van der Waals surface area contributed by atoms with Gasteiger partial charge in [-0.1, -0.05) is 11.8 Å². The molecular formula is C16H19FO3. The third kappa shape index (κ3) is 4.93. The molecule has 1 heterocycles. The molecule has 0 unspecified atom stereocenters. The smallest absolute Gasteiger partial charge is 0.124 e. The van der Waals surface area contributed by atoms with Crippen LogP contribution < -0.4 is 0 Å². The van der Waals surface area contributed by atoms with E-state index in [0.29, 0.717) is 18.6 Å². The lowest BCUT2D eigenvalue weighted by Gasteiger charge is -2.22. The summed E-state index contributed by atoms with van der Waals surface area (Å²) >= 11 is 0. The zero-order valence-electron chi connectivity index (χ0n) is 11.4. The highest BCUT2D eigenvalue weighted by atomic mass is 19.1. The molecule has 0 aromatic heterocycles. The lowest BCUT2D eigenvalue weighted by atomic mass is 10.1. The molecule has 0 spiro atoms. The van der Waals surface area contributed by atoms with Crippen LogP contribution in [0.1, 0.15) is 30.4 Å². The lowest BCUT2D eigenvalue weighted by Crippen LogP contribution is -2.23. The van der Waals surface area contributed by atoms with Gasteiger partial charge in [-0.05, 0) is 36.6 Å². The Hall–Kier alpha value is -1.41. The number of hydrogen-bond acceptors (Lipinski definition) is 3. The van der Waals surface area contributed by atoms with Crippen LogP contribution in [-0.2, 0) is 16.1 Å². The molecule has 0 aliphatic carbocycles. The van der Waals surface area contributed by atoms with Crippen LogP contribution in [0.2, 0.25) is 0 Å². The predicted octanol–water partition coefficient (Wildman–Crippen LogP) is 2.26. The highest BCUT2D eigenvalue weighted by Gasteiger charge is 2.14. The number of aliphatic hydroxyl groups is 1. The Morgan fingerprint density at radius 3 is 2.85 bits per heavy atom. The van der Waals surface area contributed by atoms with E-state index >= 15 is 0 Å². The normalized spacial score (nSPS) is 15.7. The van der Waals surface area contributed by atoms with Crippen molar-refractivity contribution in [3.63, 3.8) is 0 Å². The van der Waals surface area contributed by atoms with E-state index in [1.807, 2.05) is 6.07 Å². The second kappa shape index (κ2) is 8.01. The fourth-order valence-electron chi connectivity index (χ4n) is 2.08. The van der Waals surface area contributed by atoms with E-state index in [1.165, 1.54) is 12.1 Å². The molecule has 1 aliphatic heterocycles. The molecule has 1 saturated heterocycles. The summed E-state index contributed by atoms with van der Waals surface area (Å²) in [5.41, 5.74) is 1.40. The molecule has 20 heavy (non-hydrogen) atoms. The minimum absolute atomic E-state index is 0.0159. The third-order valence-electron chi connectivity index (χ3n) is 3.08. The SMILES string of the molecule is OCCC#Cc1cc(F)cc(COC2CCOCC2)c1. The van der Waals surface area contributed by atoms with Crippen molar-refractivity contribution in [2.24, 2.45) is 0 Å². The summed E-state index contributed by atoms with van der Waals surface area (Å²) < 4.78 is 24.5. The molecule has 1 aliphatic rings. The van der Waals surface area contributed by atoms with Gasteiger partial charge >= 0.3 is 0 Å². The Bertz CT molecular complexity index is 484. The largest absolute Gasteiger partial charge is 0.395 e. The van der Waals surface area contributed by atoms with Crippen molar-refractivity contribution in [1.82, 2.24) is 0 Å². The number of hydrogen-bond donors (Lipinski definition) is 1. The molecule has 1 N–H and O–H groups in total. The average molecular weight is 278 g/mol. The molecule has 1 aromatic rings. The van der Waals surface area contributed by atoms with Gasteiger partial charge in [0.1, 0.15) is 5.82 Å². The highest BCUT2D eigenvalue weighted by Crippen LogP contribution is 2.15. The topological polar surface area (TPSA) is 38.7 Å². The number of rotatable bonds is 4. The van der Waals surface area contributed by atoms with Crippen molar-refractivity contribution >= 4 is 0 Å².